The molecule has 1 atom stereocenters. The van der Waals surface area contributed by atoms with E-state index in [1.165, 1.54) is 10.4 Å². The van der Waals surface area contributed by atoms with Crippen molar-refractivity contribution in [3.63, 3.8) is 0 Å². The fraction of sp³-hybridized carbons (Fsp3) is 0.417. The summed E-state index contributed by atoms with van der Waals surface area (Å²) in [6.07, 6.45) is 2.06. The molecule has 2 fully saturated rings. The van der Waals surface area contributed by atoms with E-state index in [1.807, 2.05) is 18.2 Å². The fourth-order valence-electron chi connectivity index (χ4n) is 4.96. The number of aryl methyl sites for hydroxylation is 1. The highest BCUT2D eigenvalue weighted by molar-refractivity contribution is 7.89. The minimum absolute atomic E-state index is 0.0596. The molecule has 0 saturated carbocycles. The minimum atomic E-state index is -3.81. The van der Waals surface area contributed by atoms with Crippen molar-refractivity contribution in [1.82, 2.24) is 9.21 Å². The summed E-state index contributed by atoms with van der Waals surface area (Å²) in [6.45, 7) is 2.96. The fourth-order valence-corrected chi connectivity index (χ4v) is 6.67. The summed E-state index contributed by atoms with van der Waals surface area (Å²) in [4.78, 5) is 29.2. The Hall–Kier alpha value is -2.91. The number of amides is 2. The number of carbonyl (C=O) groups excluding carboxylic acids is 2. The minimum Gasteiger partial charge on any atom is -0.368 e. The van der Waals surface area contributed by atoms with E-state index in [0.717, 1.165) is 24.3 Å². The highest BCUT2D eigenvalue weighted by Crippen LogP contribution is 2.31. The van der Waals surface area contributed by atoms with Crippen LogP contribution in [0.3, 0.4) is 0 Å². The summed E-state index contributed by atoms with van der Waals surface area (Å²) in [7, 11) is -3.81. The third-order valence-corrected chi connectivity index (χ3v) is 8.68. The van der Waals surface area contributed by atoms with Crippen molar-refractivity contribution >= 4 is 33.2 Å². The molecule has 0 aromatic heterocycles. The molecule has 0 radical (unpaired) electrons. The zero-order valence-corrected chi connectivity index (χ0v) is 19.3. The lowest BCUT2D eigenvalue weighted by Crippen LogP contribution is -2.54. The Balaban J connectivity index is 1.30. The average Bonchev–Trinajstić information content (AvgIpc) is 3.35. The van der Waals surface area contributed by atoms with Crippen molar-refractivity contribution in [3.05, 3.63) is 54.1 Å². The number of para-hydroxylation sites is 1. The Morgan fingerprint density at radius 2 is 1.70 bits per heavy atom. The molecule has 2 amide bonds. The standard InChI is InChI=1S/C24H28N4O4S/c29-23-11-8-18-17-20(9-10-21(18)25-23)33(31,32)28-12-4-7-22(28)24(30)27-15-13-26(14-16-27)19-5-2-1-3-6-19/h1-3,5-6,9-10,17,22H,4,7-8,11-16H2,(H,25,29)/t22-/m1/s1. The smallest absolute Gasteiger partial charge is 0.243 e. The number of anilines is 2. The van der Waals surface area contributed by atoms with Gasteiger partial charge in [-0.3, -0.25) is 9.59 Å². The monoisotopic (exact) mass is 468 g/mol. The quantitative estimate of drug-likeness (QED) is 0.742. The van der Waals surface area contributed by atoms with Crippen LogP contribution in [0.1, 0.15) is 24.8 Å². The number of rotatable bonds is 4. The maximum atomic E-state index is 13.5. The largest absolute Gasteiger partial charge is 0.368 e. The Kier molecular flexibility index (Phi) is 5.84. The van der Waals surface area contributed by atoms with Crippen molar-refractivity contribution in [2.24, 2.45) is 0 Å². The summed E-state index contributed by atoms with van der Waals surface area (Å²) in [5.41, 5.74) is 2.61. The Morgan fingerprint density at radius 1 is 0.939 bits per heavy atom. The second-order valence-corrected chi connectivity index (χ2v) is 10.7. The Bertz CT molecular complexity index is 1160. The average molecular weight is 469 g/mol. The zero-order chi connectivity index (χ0) is 23.0. The molecule has 3 heterocycles. The third-order valence-electron chi connectivity index (χ3n) is 6.78. The Labute approximate surface area is 194 Å². The second-order valence-electron chi connectivity index (χ2n) is 8.79. The third kappa shape index (κ3) is 4.22. The number of piperazine rings is 1. The van der Waals surface area contributed by atoms with Gasteiger partial charge in [0.2, 0.25) is 21.8 Å². The van der Waals surface area contributed by atoms with Crippen LogP contribution in [0.2, 0.25) is 0 Å². The van der Waals surface area contributed by atoms with Crippen molar-refractivity contribution in [3.8, 4) is 0 Å². The van der Waals surface area contributed by atoms with Gasteiger partial charge in [0.05, 0.1) is 4.90 Å². The molecule has 5 rings (SSSR count). The van der Waals surface area contributed by atoms with Crippen LogP contribution < -0.4 is 10.2 Å². The number of carbonyl (C=O) groups is 2. The van der Waals surface area contributed by atoms with E-state index < -0.39 is 16.1 Å². The molecule has 1 N–H and O–H groups in total. The molecule has 8 nitrogen and oxygen atoms in total. The number of nitrogens with zero attached hydrogens (tertiary/aromatic N) is 3. The summed E-state index contributed by atoms with van der Waals surface area (Å²) < 4.78 is 28.3. The summed E-state index contributed by atoms with van der Waals surface area (Å²) >= 11 is 0. The molecule has 0 aliphatic carbocycles. The van der Waals surface area contributed by atoms with E-state index in [2.05, 4.69) is 22.3 Å². The van der Waals surface area contributed by atoms with E-state index in [1.54, 1.807) is 17.0 Å². The van der Waals surface area contributed by atoms with Crippen LogP contribution in [0.15, 0.2) is 53.4 Å². The van der Waals surface area contributed by atoms with Gasteiger partial charge in [-0.05, 0) is 55.2 Å². The van der Waals surface area contributed by atoms with Gasteiger partial charge in [-0.15, -0.1) is 0 Å². The maximum Gasteiger partial charge on any atom is 0.243 e. The van der Waals surface area contributed by atoms with Crippen molar-refractivity contribution in [2.45, 2.75) is 36.6 Å². The van der Waals surface area contributed by atoms with Crippen LogP contribution in [0, 0.1) is 0 Å². The molecule has 33 heavy (non-hydrogen) atoms. The van der Waals surface area contributed by atoms with E-state index in [9.17, 15) is 18.0 Å². The first-order chi connectivity index (χ1) is 15.9. The molecule has 2 saturated heterocycles. The molecule has 2 aromatic carbocycles. The molecule has 3 aliphatic rings. The molecule has 3 aliphatic heterocycles. The van der Waals surface area contributed by atoms with Crippen LogP contribution in [-0.2, 0) is 26.0 Å². The molecule has 0 spiro atoms. The molecule has 0 unspecified atom stereocenters. The van der Waals surface area contributed by atoms with Gasteiger partial charge in [-0.1, -0.05) is 18.2 Å². The number of sulfonamides is 1. The number of fused-ring (bicyclic) bond motifs is 1. The topological polar surface area (TPSA) is 90.0 Å². The van der Waals surface area contributed by atoms with Gasteiger partial charge in [-0.2, -0.15) is 4.31 Å². The van der Waals surface area contributed by atoms with Gasteiger partial charge >= 0.3 is 0 Å². The van der Waals surface area contributed by atoms with Crippen LogP contribution in [0.5, 0.6) is 0 Å². The van der Waals surface area contributed by atoms with Gasteiger partial charge in [-0.25, -0.2) is 8.42 Å². The summed E-state index contributed by atoms with van der Waals surface area (Å²) in [5.74, 6) is -0.162. The molecular formula is C24H28N4O4S. The highest BCUT2D eigenvalue weighted by Gasteiger charge is 2.41. The summed E-state index contributed by atoms with van der Waals surface area (Å²) in [5, 5.41) is 2.78. The van der Waals surface area contributed by atoms with E-state index in [-0.39, 0.29) is 16.7 Å². The number of hydrogen-bond donors (Lipinski definition) is 1. The highest BCUT2D eigenvalue weighted by atomic mass is 32.2. The first-order valence-electron chi connectivity index (χ1n) is 11.5. The van der Waals surface area contributed by atoms with Gasteiger partial charge < -0.3 is 15.1 Å². The zero-order valence-electron chi connectivity index (χ0n) is 18.4. The number of benzene rings is 2. The number of nitrogens with one attached hydrogen (secondary N) is 1. The molecule has 0 bridgehead atoms. The number of hydrogen-bond acceptors (Lipinski definition) is 5. The van der Waals surface area contributed by atoms with E-state index in [0.29, 0.717) is 51.0 Å². The van der Waals surface area contributed by atoms with Gasteiger partial charge in [0.15, 0.2) is 0 Å². The van der Waals surface area contributed by atoms with Gasteiger partial charge in [0.25, 0.3) is 0 Å². The second kappa shape index (κ2) is 8.79. The van der Waals surface area contributed by atoms with Crippen LogP contribution in [0.4, 0.5) is 11.4 Å². The molecule has 174 valence electrons. The van der Waals surface area contributed by atoms with Crippen molar-refractivity contribution in [1.29, 1.82) is 0 Å². The van der Waals surface area contributed by atoms with Crippen molar-refractivity contribution in [2.75, 3.05) is 42.9 Å². The lowest BCUT2D eigenvalue weighted by molar-refractivity contribution is -0.134. The summed E-state index contributed by atoms with van der Waals surface area (Å²) in [6, 6.07) is 14.3. The normalized spacial score (nSPS) is 21.6. The Morgan fingerprint density at radius 3 is 2.45 bits per heavy atom. The predicted octanol–water partition coefficient (Wildman–Crippen LogP) is 2.07. The van der Waals surface area contributed by atoms with E-state index >= 15 is 0 Å². The molecule has 9 heteroatoms. The first kappa shape index (κ1) is 21.9. The molecule has 2 aromatic rings. The predicted molar refractivity (Wildman–Crippen MR) is 126 cm³/mol. The van der Waals surface area contributed by atoms with Crippen LogP contribution in [0.25, 0.3) is 0 Å². The lowest BCUT2D eigenvalue weighted by atomic mass is 10.0. The maximum absolute atomic E-state index is 13.5. The first-order valence-corrected chi connectivity index (χ1v) is 12.9. The lowest BCUT2D eigenvalue weighted by Gasteiger charge is -2.38. The van der Waals surface area contributed by atoms with Crippen LogP contribution >= 0.6 is 0 Å². The van der Waals surface area contributed by atoms with E-state index in [4.69, 9.17) is 0 Å². The van der Waals surface area contributed by atoms with Gasteiger partial charge in [0.1, 0.15) is 6.04 Å². The molecular weight excluding hydrogens is 440 g/mol. The SMILES string of the molecule is O=C1CCc2cc(S(=O)(=O)N3CCC[C@@H]3C(=O)N3CCN(c4ccccc4)CC3)ccc2N1. The van der Waals surface area contributed by atoms with Crippen LogP contribution in [-0.4, -0.2) is 68.2 Å². The van der Waals surface area contributed by atoms with Crippen molar-refractivity contribution < 1.29 is 18.0 Å². The van der Waals surface area contributed by atoms with Gasteiger partial charge in [0, 0.05) is 50.5 Å².